The van der Waals surface area contributed by atoms with Gasteiger partial charge in [0.2, 0.25) is 0 Å². The molecule has 0 aromatic heterocycles. The van der Waals surface area contributed by atoms with Gasteiger partial charge in [-0.05, 0) is 36.5 Å². The van der Waals surface area contributed by atoms with Crippen molar-refractivity contribution in [1.29, 1.82) is 0 Å². The maximum absolute atomic E-state index is 11.6. The van der Waals surface area contributed by atoms with E-state index in [1.807, 2.05) is 12.1 Å². The second-order valence-electron chi connectivity index (χ2n) is 5.69. The number of sulfone groups is 1. The molecule has 3 nitrogen and oxygen atoms in total. The Labute approximate surface area is 137 Å². The molecule has 0 saturated heterocycles. The minimum absolute atomic E-state index is 0.235. The molecule has 0 aliphatic rings. The van der Waals surface area contributed by atoms with Gasteiger partial charge in [0.25, 0.3) is 0 Å². The van der Waals surface area contributed by atoms with Crippen LogP contribution in [0.4, 0.5) is 0 Å². The zero-order valence-corrected chi connectivity index (χ0v) is 15.5. The highest BCUT2D eigenvalue weighted by Gasteiger charge is 2.14. The molecule has 0 aliphatic heterocycles. The molecule has 0 fully saturated rings. The lowest BCUT2D eigenvalue weighted by molar-refractivity contribution is 0.503. The number of halogens is 1. The van der Waals surface area contributed by atoms with E-state index >= 15 is 0 Å². The fourth-order valence-corrected chi connectivity index (χ4v) is 3.53. The van der Waals surface area contributed by atoms with E-state index < -0.39 is 9.84 Å². The van der Waals surface area contributed by atoms with E-state index in [9.17, 15) is 8.42 Å². The van der Waals surface area contributed by atoms with Crippen molar-refractivity contribution in [3.63, 3.8) is 0 Å². The highest BCUT2D eigenvalue weighted by molar-refractivity contribution is 9.10. The third-order valence-electron chi connectivity index (χ3n) is 3.54. The van der Waals surface area contributed by atoms with Crippen LogP contribution in [0, 0.1) is 0 Å². The molecular weight excluding hydrogens is 350 g/mol. The number of nitrogens with one attached hydrogen (secondary N) is 1. The van der Waals surface area contributed by atoms with Crippen molar-refractivity contribution >= 4 is 25.8 Å². The maximum Gasteiger partial charge on any atom is 0.150 e. The molecule has 0 heterocycles. The lowest BCUT2D eigenvalue weighted by Crippen LogP contribution is -2.28. The van der Waals surface area contributed by atoms with Crippen LogP contribution in [0.1, 0.15) is 45.1 Å². The summed E-state index contributed by atoms with van der Waals surface area (Å²) >= 11 is 3.51. The van der Waals surface area contributed by atoms with E-state index in [0.717, 1.165) is 17.4 Å². The first-order valence-corrected chi connectivity index (χ1v) is 10.1. The quantitative estimate of drug-likeness (QED) is 0.714. The Balaban J connectivity index is 2.69. The fourth-order valence-electron chi connectivity index (χ4n) is 2.22. The second-order valence-corrected chi connectivity index (χ2v) is 9.08. The van der Waals surface area contributed by atoms with Gasteiger partial charge in [-0.2, -0.15) is 0 Å². The van der Waals surface area contributed by atoms with Gasteiger partial charge in [-0.15, -0.1) is 0 Å². The summed E-state index contributed by atoms with van der Waals surface area (Å²) in [5, 5.41) is 3.46. The minimum atomic E-state index is -2.87. The molecule has 0 aliphatic carbocycles. The monoisotopic (exact) mass is 375 g/mol. The topological polar surface area (TPSA) is 46.2 Å². The minimum Gasteiger partial charge on any atom is -0.314 e. The van der Waals surface area contributed by atoms with Gasteiger partial charge >= 0.3 is 0 Å². The highest BCUT2D eigenvalue weighted by atomic mass is 79.9. The molecule has 1 unspecified atom stereocenters. The zero-order chi connectivity index (χ0) is 15.9. The summed E-state index contributed by atoms with van der Waals surface area (Å²) in [6.45, 7) is 6.83. The molecule has 0 amide bonds. The van der Waals surface area contributed by atoms with Gasteiger partial charge in [-0.25, -0.2) is 8.42 Å². The predicted molar refractivity (Wildman–Crippen MR) is 93.6 cm³/mol. The molecule has 120 valence electrons. The van der Waals surface area contributed by atoms with Crippen molar-refractivity contribution in [2.45, 2.75) is 45.6 Å². The smallest absolute Gasteiger partial charge is 0.150 e. The first kappa shape index (κ1) is 18.7. The van der Waals surface area contributed by atoms with E-state index in [4.69, 9.17) is 0 Å². The van der Waals surface area contributed by atoms with Crippen LogP contribution in [-0.4, -0.2) is 32.5 Å². The van der Waals surface area contributed by atoms with Crippen LogP contribution in [0.25, 0.3) is 0 Å². The summed E-state index contributed by atoms with van der Waals surface area (Å²) in [6.07, 6.45) is 1.60. The molecule has 1 rings (SSSR count). The summed E-state index contributed by atoms with van der Waals surface area (Å²) in [5.74, 6) is 0.867. The van der Waals surface area contributed by atoms with Crippen molar-refractivity contribution in [1.82, 2.24) is 5.32 Å². The maximum atomic E-state index is 11.6. The van der Waals surface area contributed by atoms with Gasteiger partial charge in [0.1, 0.15) is 9.84 Å². The highest BCUT2D eigenvalue weighted by Crippen LogP contribution is 2.24. The van der Waals surface area contributed by atoms with Crippen LogP contribution in [0.3, 0.4) is 0 Å². The second kappa shape index (κ2) is 8.91. The first-order chi connectivity index (χ1) is 9.84. The standard InChI is InChI=1S/C16H26BrNO2S/c1-4-21(19,20)10-6-8-15(12-18-13(2)3)14-7-5-9-16(17)11-14/h5,7,9,11,13,15,18H,4,6,8,10,12H2,1-3H3. The molecule has 1 N–H and O–H groups in total. The third kappa shape index (κ3) is 7.43. The SMILES string of the molecule is CCS(=O)(=O)CCCC(CNC(C)C)c1cccc(Br)c1. The van der Waals surface area contributed by atoms with Crippen LogP contribution in [0.15, 0.2) is 28.7 Å². The van der Waals surface area contributed by atoms with Crippen LogP contribution in [-0.2, 0) is 9.84 Å². The lowest BCUT2D eigenvalue weighted by Gasteiger charge is -2.20. The molecule has 1 atom stereocenters. The molecular formula is C16H26BrNO2S. The Bertz CT molecular complexity index is 529. The number of rotatable bonds is 9. The summed E-state index contributed by atoms with van der Waals surface area (Å²) in [7, 11) is -2.87. The normalized spacial score (nSPS) is 13.6. The average Bonchev–Trinajstić information content (AvgIpc) is 2.42. The van der Waals surface area contributed by atoms with Gasteiger partial charge < -0.3 is 5.32 Å². The third-order valence-corrected chi connectivity index (χ3v) is 5.82. The molecule has 0 spiro atoms. The van der Waals surface area contributed by atoms with Crippen molar-refractivity contribution in [3.8, 4) is 0 Å². The Morgan fingerprint density at radius 3 is 2.57 bits per heavy atom. The van der Waals surface area contributed by atoms with Crippen LogP contribution in [0.2, 0.25) is 0 Å². The summed E-state index contributed by atoms with van der Waals surface area (Å²) in [4.78, 5) is 0. The fraction of sp³-hybridized carbons (Fsp3) is 0.625. The van der Waals surface area contributed by atoms with Gasteiger partial charge in [-0.3, -0.25) is 0 Å². The summed E-state index contributed by atoms with van der Waals surface area (Å²) in [6, 6.07) is 8.72. The Hall–Kier alpha value is -0.390. The van der Waals surface area contributed by atoms with E-state index in [2.05, 4.69) is 47.2 Å². The molecule has 5 heteroatoms. The average molecular weight is 376 g/mol. The predicted octanol–water partition coefficient (Wildman–Crippen LogP) is 3.75. The summed E-state index contributed by atoms with van der Waals surface area (Å²) < 4.78 is 24.3. The number of hydrogen-bond donors (Lipinski definition) is 1. The van der Waals surface area contributed by atoms with E-state index in [1.165, 1.54) is 5.56 Å². The van der Waals surface area contributed by atoms with E-state index in [0.29, 0.717) is 18.4 Å². The van der Waals surface area contributed by atoms with Crippen molar-refractivity contribution in [2.75, 3.05) is 18.1 Å². The first-order valence-electron chi connectivity index (χ1n) is 7.53. The molecule has 0 saturated carbocycles. The molecule has 0 bridgehead atoms. The Morgan fingerprint density at radius 1 is 1.29 bits per heavy atom. The van der Waals surface area contributed by atoms with Crippen LogP contribution >= 0.6 is 15.9 Å². The number of hydrogen-bond acceptors (Lipinski definition) is 3. The molecule has 1 aromatic rings. The van der Waals surface area contributed by atoms with Crippen LogP contribution in [0.5, 0.6) is 0 Å². The van der Waals surface area contributed by atoms with E-state index in [1.54, 1.807) is 6.92 Å². The summed E-state index contributed by atoms with van der Waals surface area (Å²) in [5.41, 5.74) is 1.26. The van der Waals surface area contributed by atoms with Crippen molar-refractivity contribution in [3.05, 3.63) is 34.3 Å². The molecule has 0 radical (unpaired) electrons. The van der Waals surface area contributed by atoms with Crippen LogP contribution < -0.4 is 5.32 Å². The van der Waals surface area contributed by atoms with Crippen molar-refractivity contribution in [2.24, 2.45) is 0 Å². The van der Waals surface area contributed by atoms with Gasteiger partial charge in [0.05, 0.1) is 5.75 Å². The molecule has 21 heavy (non-hydrogen) atoms. The van der Waals surface area contributed by atoms with Gasteiger partial charge in [0.15, 0.2) is 0 Å². The molecule has 1 aromatic carbocycles. The Kier molecular flexibility index (Phi) is 7.92. The van der Waals surface area contributed by atoms with Gasteiger partial charge in [-0.1, -0.05) is 48.8 Å². The Morgan fingerprint density at radius 2 is 2.00 bits per heavy atom. The largest absolute Gasteiger partial charge is 0.314 e. The van der Waals surface area contributed by atoms with E-state index in [-0.39, 0.29) is 11.5 Å². The van der Waals surface area contributed by atoms with Crippen molar-refractivity contribution < 1.29 is 8.42 Å². The van der Waals surface area contributed by atoms with Gasteiger partial charge in [0, 0.05) is 22.8 Å². The zero-order valence-electron chi connectivity index (χ0n) is 13.1. The lowest BCUT2D eigenvalue weighted by atomic mass is 9.94. The number of benzene rings is 1.